The molecule has 1 fully saturated rings. The van der Waals surface area contributed by atoms with Gasteiger partial charge in [0.05, 0.1) is 31.8 Å². The van der Waals surface area contributed by atoms with Crippen molar-refractivity contribution in [2.75, 3.05) is 26.2 Å². The van der Waals surface area contributed by atoms with Gasteiger partial charge in [-0.3, -0.25) is 4.79 Å². The lowest BCUT2D eigenvalue weighted by atomic mass is 10.1. The topological polar surface area (TPSA) is 30.7 Å². The number of hydrogen-bond donors (Lipinski definition) is 1. The molecule has 0 saturated carbocycles. The van der Waals surface area contributed by atoms with Crippen LogP contribution < -0.4 is 9.64 Å². The predicted octanol–water partition coefficient (Wildman–Crippen LogP) is 2.12. The number of para-hydroxylation sites is 1. The second-order valence-electron chi connectivity index (χ2n) is 5.67. The molecule has 0 spiro atoms. The third-order valence-electron chi connectivity index (χ3n) is 4.01. The number of nitrogens with one attached hydrogen (secondary N) is 1. The van der Waals surface area contributed by atoms with Crippen LogP contribution in [0.15, 0.2) is 24.3 Å². The van der Waals surface area contributed by atoms with Gasteiger partial charge in [-0.25, -0.2) is 0 Å². The fraction of sp³-hybridized carbons (Fsp3) is 0.588. The number of likely N-dealkylation sites (tertiary alicyclic amines) is 1. The molecular formula is C17H26NO2+. The average Bonchev–Trinajstić information content (AvgIpc) is 2.48. The van der Waals surface area contributed by atoms with Crippen LogP contribution >= 0.6 is 0 Å². The number of Topliss-reactive ketones (excluding diaryl/α,β-unsaturated/α-hetero) is 1. The maximum absolute atomic E-state index is 11.5. The Kier molecular flexibility index (Phi) is 6.06. The van der Waals surface area contributed by atoms with E-state index in [-0.39, 0.29) is 5.78 Å². The third kappa shape index (κ3) is 4.64. The number of rotatable bonds is 7. The summed E-state index contributed by atoms with van der Waals surface area (Å²) in [5, 5.41) is 0. The van der Waals surface area contributed by atoms with Gasteiger partial charge in [0.15, 0.2) is 5.78 Å². The Morgan fingerprint density at radius 1 is 1.15 bits per heavy atom. The van der Waals surface area contributed by atoms with E-state index < -0.39 is 0 Å². The number of carbonyl (C=O) groups is 1. The summed E-state index contributed by atoms with van der Waals surface area (Å²) in [6, 6.07) is 7.51. The Balaban J connectivity index is 1.67. The summed E-state index contributed by atoms with van der Waals surface area (Å²) in [5.74, 6) is 0.795. The second-order valence-corrected chi connectivity index (χ2v) is 5.67. The van der Waals surface area contributed by atoms with Crippen LogP contribution in [0.1, 0.15) is 49.4 Å². The van der Waals surface area contributed by atoms with Gasteiger partial charge in [-0.05, 0) is 51.2 Å². The predicted molar refractivity (Wildman–Crippen MR) is 80.6 cm³/mol. The van der Waals surface area contributed by atoms with E-state index in [4.69, 9.17) is 4.74 Å². The van der Waals surface area contributed by atoms with Crippen LogP contribution in [0.3, 0.4) is 0 Å². The molecule has 1 aromatic rings. The molecular weight excluding hydrogens is 250 g/mol. The molecule has 0 radical (unpaired) electrons. The van der Waals surface area contributed by atoms with Crippen molar-refractivity contribution in [2.24, 2.45) is 0 Å². The number of carbonyl (C=O) groups excluding carboxylic acids is 1. The number of ketones is 1. The number of unbranched alkanes of at least 4 members (excludes halogenated alkanes) is 1. The molecule has 0 unspecified atom stereocenters. The largest absolute Gasteiger partial charge is 0.493 e. The maximum Gasteiger partial charge on any atom is 0.163 e. The van der Waals surface area contributed by atoms with E-state index in [0.717, 1.165) is 12.2 Å². The molecule has 0 bridgehead atoms. The van der Waals surface area contributed by atoms with Crippen LogP contribution in [0.4, 0.5) is 0 Å². The number of benzene rings is 1. The number of hydrogen-bond acceptors (Lipinski definition) is 2. The standard InChI is InChI=1S/C17H25NO2/c1-15(19)16-9-3-4-10-17(16)20-14-8-7-13-18-11-5-2-6-12-18/h3-4,9-10H,2,5-8,11-14H2,1H3/p+1. The van der Waals surface area contributed by atoms with Gasteiger partial charge in [0.2, 0.25) is 0 Å². The number of piperidine rings is 1. The molecule has 1 aromatic carbocycles. The van der Waals surface area contributed by atoms with Crippen LogP contribution in [-0.4, -0.2) is 32.0 Å². The Morgan fingerprint density at radius 3 is 2.65 bits per heavy atom. The van der Waals surface area contributed by atoms with E-state index in [2.05, 4.69) is 0 Å². The van der Waals surface area contributed by atoms with Crippen LogP contribution in [-0.2, 0) is 0 Å². The summed E-state index contributed by atoms with van der Waals surface area (Å²) in [7, 11) is 0. The average molecular weight is 276 g/mol. The lowest BCUT2D eigenvalue weighted by Crippen LogP contribution is -3.12. The molecule has 20 heavy (non-hydrogen) atoms. The van der Waals surface area contributed by atoms with Gasteiger partial charge in [-0.15, -0.1) is 0 Å². The summed E-state index contributed by atoms with van der Waals surface area (Å²) >= 11 is 0. The molecule has 0 amide bonds. The summed E-state index contributed by atoms with van der Waals surface area (Å²) < 4.78 is 5.76. The van der Waals surface area contributed by atoms with Crippen molar-refractivity contribution < 1.29 is 14.4 Å². The maximum atomic E-state index is 11.5. The fourth-order valence-corrected chi connectivity index (χ4v) is 2.84. The third-order valence-corrected chi connectivity index (χ3v) is 4.01. The van der Waals surface area contributed by atoms with Gasteiger partial charge in [-0.2, -0.15) is 0 Å². The van der Waals surface area contributed by atoms with Gasteiger partial charge in [0.1, 0.15) is 5.75 Å². The molecule has 3 nitrogen and oxygen atoms in total. The van der Waals surface area contributed by atoms with E-state index in [1.807, 2.05) is 24.3 Å². The highest BCUT2D eigenvalue weighted by molar-refractivity contribution is 5.96. The monoisotopic (exact) mass is 276 g/mol. The zero-order valence-corrected chi connectivity index (χ0v) is 12.5. The van der Waals surface area contributed by atoms with E-state index in [1.165, 1.54) is 45.3 Å². The lowest BCUT2D eigenvalue weighted by molar-refractivity contribution is -0.905. The summed E-state index contributed by atoms with van der Waals surface area (Å²) in [5.41, 5.74) is 0.689. The minimum absolute atomic E-state index is 0.0679. The quantitative estimate of drug-likeness (QED) is 0.611. The molecule has 2 rings (SSSR count). The van der Waals surface area contributed by atoms with Gasteiger partial charge in [-0.1, -0.05) is 12.1 Å². The van der Waals surface area contributed by atoms with Gasteiger partial charge in [0, 0.05) is 0 Å². The van der Waals surface area contributed by atoms with E-state index in [9.17, 15) is 4.79 Å². The van der Waals surface area contributed by atoms with Gasteiger partial charge >= 0.3 is 0 Å². The van der Waals surface area contributed by atoms with E-state index >= 15 is 0 Å². The molecule has 0 atom stereocenters. The Labute approximate surface area is 121 Å². The first-order valence-corrected chi connectivity index (χ1v) is 7.83. The van der Waals surface area contributed by atoms with Crippen molar-refractivity contribution in [1.82, 2.24) is 0 Å². The van der Waals surface area contributed by atoms with Crippen molar-refractivity contribution in [2.45, 2.75) is 39.0 Å². The zero-order chi connectivity index (χ0) is 14.2. The van der Waals surface area contributed by atoms with Crippen LogP contribution in [0.2, 0.25) is 0 Å². The fourth-order valence-electron chi connectivity index (χ4n) is 2.84. The van der Waals surface area contributed by atoms with Crippen molar-refractivity contribution in [3.63, 3.8) is 0 Å². The lowest BCUT2D eigenvalue weighted by Gasteiger charge is -2.23. The zero-order valence-electron chi connectivity index (χ0n) is 12.5. The Hall–Kier alpha value is -1.35. The summed E-state index contributed by atoms with van der Waals surface area (Å²) in [6.07, 6.45) is 6.46. The molecule has 1 N–H and O–H groups in total. The number of quaternary nitrogens is 1. The molecule has 1 heterocycles. The smallest absolute Gasteiger partial charge is 0.163 e. The van der Waals surface area contributed by atoms with Gasteiger partial charge < -0.3 is 9.64 Å². The minimum Gasteiger partial charge on any atom is -0.493 e. The van der Waals surface area contributed by atoms with Crippen molar-refractivity contribution >= 4 is 5.78 Å². The summed E-state index contributed by atoms with van der Waals surface area (Å²) in [6.45, 7) is 6.24. The molecule has 110 valence electrons. The Morgan fingerprint density at radius 2 is 1.90 bits per heavy atom. The molecule has 3 heteroatoms. The van der Waals surface area contributed by atoms with Crippen molar-refractivity contribution in [3.8, 4) is 5.75 Å². The Bertz CT molecular complexity index is 425. The second kappa shape index (κ2) is 8.05. The van der Waals surface area contributed by atoms with Gasteiger partial charge in [0.25, 0.3) is 0 Å². The molecule has 1 saturated heterocycles. The first-order valence-electron chi connectivity index (χ1n) is 7.83. The SMILES string of the molecule is CC(=O)c1ccccc1OCCCC[NH+]1CCCCC1. The first-order chi connectivity index (χ1) is 9.77. The minimum atomic E-state index is 0.0679. The molecule has 0 aliphatic carbocycles. The van der Waals surface area contributed by atoms with Crippen LogP contribution in [0.5, 0.6) is 5.75 Å². The van der Waals surface area contributed by atoms with E-state index in [1.54, 1.807) is 11.8 Å². The first kappa shape index (κ1) is 15.0. The van der Waals surface area contributed by atoms with Crippen LogP contribution in [0.25, 0.3) is 0 Å². The van der Waals surface area contributed by atoms with E-state index in [0.29, 0.717) is 12.2 Å². The molecule has 1 aliphatic rings. The number of ether oxygens (including phenoxy) is 1. The summed E-state index contributed by atoms with van der Waals surface area (Å²) in [4.78, 5) is 13.2. The van der Waals surface area contributed by atoms with Crippen LogP contribution in [0, 0.1) is 0 Å². The highest BCUT2D eigenvalue weighted by Gasteiger charge is 2.12. The van der Waals surface area contributed by atoms with Crippen molar-refractivity contribution in [1.29, 1.82) is 0 Å². The highest BCUT2D eigenvalue weighted by Crippen LogP contribution is 2.18. The normalized spacial score (nSPS) is 16.1. The molecule has 1 aliphatic heterocycles. The highest BCUT2D eigenvalue weighted by atomic mass is 16.5. The molecule has 0 aromatic heterocycles. The van der Waals surface area contributed by atoms with Crippen molar-refractivity contribution in [3.05, 3.63) is 29.8 Å².